The lowest BCUT2D eigenvalue weighted by atomic mass is 10.1. The fourth-order valence-electron chi connectivity index (χ4n) is 2.20. The Labute approximate surface area is 135 Å². The maximum Gasteiger partial charge on any atom is 0.249 e. The quantitative estimate of drug-likeness (QED) is 0.753. The topological polar surface area (TPSA) is 75.6 Å². The minimum atomic E-state index is 0.461. The summed E-state index contributed by atoms with van der Waals surface area (Å²) in [5.74, 6) is 1.11. The first-order chi connectivity index (χ1) is 11.2. The highest BCUT2D eigenvalue weighted by Gasteiger charge is 2.04. The van der Waals surface area contributed by atoms with E-state index >= 15 is 0 Å². The Hall–Kier alpha value is -3.02. The van der Waals surface area contributed by atoms with Crippen molar-refractivity contribution < 1.29 is 0 Å². The van der Waals surface area contributed by atoms with Gasteiger partial charge in [0.2, 0.25) is 5.95 Å². The van der Waals surface area contributed by atoms with Gasteiger partial charge in [0, 0.05) is 11.9 Å². The maximum atomic E-state index is 4.42. The van der Waals surface area contributed by atoms with Crippen LogP contribution in [0, 0.1) is 13.8 Å². The number of benzene rings is 1. The van der Waals surface area contributed by atoms with Crippen LogP contribution in [0.5, 0.6) is 0 Å². The largest absolute Gasteiger partial charge is 0.363 e. The molecular weight excluding hydrogens is 288 g/mol. The molecule has 0 amide bonds. The molecule has 2 aromatic heterocycles. The summed E-state index contributed by atoms with van der Waals surface area (Å²) in [5.41, 5.74) is 4.27. The number of nitrogens with zero attached hydrogens (tertiary/aromatic N) is 4. The lowest BCUT2D eigenvalue weighted by Crippen LogP contribution is -2.06. The Kier molecular flexibility index (Phi) is 4.42. The van der Waals surface area contributed by atoms with Crippen LogP contribution in [0.2, 0.25) is 0 Å². The van der Waals surface area contributed by atoms with Crippen LogP contribution < -0.4 is 10.6 Å². The van der Waals surface area contributed by atoms with Crippen molar-refractivity contribution in [3.05, 3.63) is 65.6 Å². The van der Waals surface area contributed by atoms with Gasteiger partial charge in [-0.3, -0.25) is 4.98 Å². The number of rotatable bonds is 5. The molecule has 0 bridgehead atoms. The van der Waals surface area contributed by atoms with Crippen molar-refractivity contribution in [2.24, 2.45) is 0 Å². The van der Waals surface area contributed by atoms with E-state index in [-0.39, 0.29) is 0 Å². The van der Waals surface area contributed by atoms with Gasteiger partial charge in [0.1, 0.15) is 0 Å². The summed E-state index contributed by atoms with van der Waals surface area (Å²) in [7, 11) is 0. The lowest BCUT2D eigenvalue weighted by molar-refractivity contribution is 0.955. The van der Waals surface area contributed by atoms with Crippen LogP contribution >= 0.6 is 0 Å². The number of nitrogens with one attached hydrogen (secondary N) is 2. The average molecular weight is 306 g/mol. The summed E-state index contributed by atoms with van der Waals surface area (Å²) in [6, 6.07) is 12.0. The Bertz CT molecular complexity index is 788. The highest BCUT2D eigenvalue weighted by atomic mass is 15.3. The van der Waals surface area contributed by atoms with Gasteiger partial charge in [-0.05, 0) is 37.6 Å². The van der Waals surface area contributed by atoms with Gasteiger partial charge in [-0.1, -0.05) is 23.8 Å². The van der Waals surface area contributed by atoms with Crippen LogP contribution in [0.25, 0.3) is 0 Å². The van der Waals surface area contributed by atoms with Gasteiger partial charge in [-0.2, -0.15) is 10.1 Å². The van der Waals surface area contributed by atoms with Crippen molar-refractivity contribution in [1.82, 2.24) is 20.2 Å². The standard InChI is InChI=1S/C17H18N6/c1-12-6-7-15(13(2)9-12)21-17-22-16(11-20-23-17)19-10-14-5-3-4-8-18-14/h3-9,11H,10H2,1-2H3,(H2,19,21,22,23). The molecule has 0 atom stereocenters. The Morgan fingerprint density at radius 3 is 2.78 bits per heavy atom. The summed E-state index contributed by atoms with van der Waals surface area (Å²) in [6.07, 6.45) is 3.36. The van der Waals surface area contributed by atoms with Crippen molar-refractivity contribution >= 4 is 17.5 Å². The fourth-order valence-corrected chi connectivity index (χ4v) is 2.20. The van der Waals surface area contributed by atoms with E-state index in [1.54, 1.807) is 12.4 Å². The van der Waals surface area contributed by atoms with Crippen molar-refractivity contribution in [3.8, 4) is 0 Å². The second-order valence-corrected chi connectivity index (χ2v) is 5.28. The number of anilines is 3. The van der Waals surface area contributed by atoms with E-state index in [4.69, 9.17) is 0 Å². The zero-order valence-electron chi connectivity index (χ0n) is 13.1. The molecule has 0 unspecified atom stereocenters. The highest BCUT2D eigenvalue weighted by molar-refractivity contribution is 5.59. The van der Waals surface area contributed by atoms with Gasteiger partial charge >= 0.3 is 0 Å². The van der Waals surface area contributed by atoms with E-state index < -0.39 is 0 Å². The molecule has 0 saturated heterocycles. The second kappa shape index (κ2) is 6.83. The van der Waals surface area contributed by atoms with Crippen molar-refractivity contribution in [2.45, 2.75) is 20.4 Å². The molecule has 2 heterocycles. The molecule has 0 saturated carbocycles. The molecule has 6 heteroatoms. The fraction of sp³-hybridized carbons (Fsp3) is 0.176. The third kappa shape index (κ3) is 4.00. The van der Waals surface area contributed by atoms with Crippen LogP contribution in [-0.2, 0) is 6.54 Å². The van der Waals surface area contributed by atoms with Crippen molar-refractivity contribution in [3.63, 3.8) is 0 Å². The molecule has 0 fully saturated rings. The lowest BCUT2D eigenvalue weighted by Gasteiger charge is -2.10. The number of pyridine rings is 1. The molecule has 2 N–H and O–H groups in total. The molecule has 0 aliphatic rings. The molecule has 3 rings (SSSR count). The van der Waals surface area contributed by atoms with Gasteiger partial charge in [-0.15, -0.1) is 5.10 Å². The van der Waals surface area contributed by atoms with Crippen molar-refractivity contribution in [2.75, 3.05) is 10.6 Å². The normalized spacial score (nSPS) is 10.3. The summed E-state index contributed by atoms with van der Waals surface area (Å²) in [6.45, 7) is 4.70. The minimum Gasteiger partial charge on any atom is -0.363 e. The predicted octanol–water partition coefficient (Wildman–Crippen LogP) is 3.24. The molecular formula is C17H18N6. The first-order valence-electron chi connectivity index (χ1n) is 7.38. The molecule has 0 radical (unpaired) electrons. The van der Waals surface area contributed by atoms with E-state index in [1.165, 1.54) is 5.56 Å². The minimum absolute atomic E-state index is 0.461. The van der Waals surface area contributed by atoms with Gasteiger partial charge in [-0.25, -0.2) is 0 Å². The Morgan fingerprint density at radius 1 is 1.09 bits per heavy atom. The first kappa shape index (κ1) is 14.9. The molecule has 0 aliphatic carbocycles. The number of aromatic nitrogens is 4. The van der Waals surface area contributed by atoms with Crippen LogP contribution in [0.3, 0.4) is 0 Å². The second-order valence-electron chi connectivity index (χ2n) is 5.28. The molecule has 116 valence electrons. The molecule has 1 aromatic carbocycles. The van der Waals surface area contributed by atoms with Crippen LogP contribution in [0.1, 0.15) is 16.8 Å². The Balaban J connectivity index is 1.69. The number of hydrogen-bond acceptors (Lipinski definition) is 6. The zero-order valence-corrected chi connectivity index (χ0v) is 13.1. The molecule has 23 heavy (non-hydrogen) atoms. The third-order valence-corrected chi connectivity index (χ3v) is 3.36. The molecule has 0 spiro atoms. The van der Waals surface area contributed by atoms with Crippen LogP contribution in [0.15, 0.2) is 48.8 Å². The van der Waals surface area contributed by atoms with Gasteiger partial charge in [0.05, 0.1) is 18.4 Å². The van der Waals surface area contributed by atoms with Crippen molar-refractivity contribution in [1.29, 1.82) is 0 Å². The SMILES string of the molecule is Cc1ccc(Nc2nncc(NCc3ccccn3)n2)c(C)c1. The monoisotopic (exact) mass is 306 g/mol. The van der Waals surface area contributed by atoms with Gasteiger partial charge in [0.25, 0.3) is 0 Å². The van der Waals surface area contributed by atoms with Crippen LogP contribution in [-0.4, -0.2) is 20.2 Å². The summed E-state index contributed by atoms with van der Waals surface area (Å²) in [4.78, 5) is 8.68. The van der Waals surface area contributed by atoms with Gasteiger partial charge < -0.3 is 10.6 Å². The number of aryl methyl sites for hydroxylation is 2. The molecule has 3 aromatic rings. The zero-order chi connectivity index (χ0) is 16.1. The molecule has 6 nitrogen and oxygen atoms in total. The maximum absolute atomic E-state index is 4.42. The van der Waals surface area contributed by atoms with Gasteiger partial charge in [0.15, 0.2) is 5.82 Å². The van der Waals surface area contributed by atoms with E-state index in [1.807, 2.05) is 37.3 Å². The average Bonchev–Trinajstić information content (AvgIpc) is 2.57. The summed E-state index contributed by atoms with van der Waals surface area (Å²) < 4.78 is 0. The van der Waals surface area contributed by atoms with E-state index in [2.05, 4.69) is 43.8 Å². The van der Waals surface area contributed by atoms with E-state index in [0.29, 0.717) is 18.3 Å². The van der Waals surface area contributed by atoms with E-state index in [0.717, 1.165) is 16.9 Å². The molecule has 0 aliphatic heterocycles. The highest BCUT2D eigenvalue weighted by Crippen LogP contribution is 2.19. The van der Waals surface area contributed by atoms with Crippen LogP contribution in [0.4, 0.5) is 17.5 Å². The predicted molar refractivity (Wildman–Crippen MR) is 90.6 cm³/mol. The third-order valence-electron chi connectivity index (χ3n) is 3.36. The number of hydrogen-bond donors (Lipinski definition) is 2. The summed E-state index contributed by atoms with van der Waals surface area (Å²) in [5, 5.41) is 14.4. The smallest absolute Gasteiger partial charge is 0.249 e. The summed E-state index contributed by atoms with van der Waals surface area (Å²) >= 11 is 0. The van der Waals surface area contributed by atoms with E-state index in [9.17, 15) is 0 Å². The Morgan fingerprint density at radius 2 is 2.00 bits per heavy atom. The first-order valence-corrected chi connectivity index (χ1v) is 7.38.